The highest BCUT2D eigenvalue weighted by Crippen LogP contribution is 2.34. The van der Waals surface area contributed by atoms with E-state index >= 15 is 0 Å². The van der Waals surface area contributed by atoms with Gasteiger partial charge in [0.2, 0.25) is 5.91 Å². The highest BCUT2D eigenvalue weighted by molar-refractivity contribution is 7.99. The molecule has 0 aliphatic heterocycles. The number of carbonyl (C=O) groups excluding carboxylic acids is 1. The Labute approximate surface area is 194 Å². The molecule has 0 aliphatic rings. The Bertz CT molecular complexity index is 1190. The molecule has 1 N–H and O–H groups in total. The zero-order valence-electron chi connectivity index (χ0n) is 17.6. The van der Waals surface area contributed by atoms with Crippen LogP contribution in [0.3, 0.4) is 0 Å². The van der Waals surface area contributed by atoms with Crippen molar-refractivity contribution in [2.45, 2.75) is 12.1 Å². The second-order valence-corrected chi connectivity index (χ2v) is 8.45. The maximum absolute atomic E-state index is 12.7. The molecule has 0 fully saturated rings. The summed E-state index contributed by atoms with van der Waals surface area (Å²) in [5.41, 5.74) is 1.46. The number of anilines is 1. The number of hydrogen-bond donors (Lipinski definition) is 1. The van der Waals surface area contributed by atoms with Gasteiger partial charge in [0.05, 0.1) is 35.7 Å². The zero-order chi connectivity index (χ0) is 22.3. The van der Waals surface area contributed by atoms with E-state index in [1.807, 2.05) is 77.5 Å². The lowest BCUT2D eigenvalue weighted by Crippen LogP contribution is -2.15. The predicted molar refractivity (Wildman–Crippen MR) is 128 cm³/mol. The molecule has 0 unspecified atom stereocenters. The van der Waals surface area contributed by atoms with Crippen LogP contribution in [0.25, 0.3) is 16.4 Å². The van der Waals surface area contributed by atoms with Crippen LogP contribution in [0.4, 0.5) is 5.69 Å². The summed E-state index contributed by atoms with van der Waals surface area (Å²) in [4.78, 5) is 13.7. The third kappa shape index (κ3) is 4.79. The van der Waals surface area contributed by atoms with E-state index in [0.29, 0.717) is 34.8 Å². The van der Waals surface area contributed by atoms with Crippen LogP contribution >= 0.6 is 23.1 Å². The number of thioether (sulfide) groups is 1. The molecular formula is C23H22N4O3S2. The molecule has 0 radical (unpaired) electrons. The maximum Gasteiger partial charge on any atom is 0.234 e. The van der Waals surface area contributed by atoms with Gasteiger partial charge in [0.1, 0.15) is 11.5 Å². The smallest absolute Gasteiger partial charge is 0.234 e. The number of hydrogen-bond acceptors (Lipinski definition) is 7. The Balaban J connectivity index is 1.59. The van der Waals surface area contributed by atoms with Crippen molar-refractivity contribution in [3.8, 4) is 27.9 Å². The van der Waals surface area contributed by atoms with Crippen LogP contribution in [-0.2, 0) is 4.79 Å². The monoisotopic (exact) mass is 466 g/mol. The van der Waals surface area contributed by atoms with Crippen molar-refractivity contribution >= 4 is 34.7 Å². The number of rotatable bonds is 9. The summed E-state index contributed by atoms with van der Waals surface area (Å²) in [6, 6.07) is 19.0. The van der Waals surface area contributed by atoms with Gasteiger partial charge in [-0.15, -0.1) is 21.5 Å². The third-order valence-electron chi connectivity index (χ3n) is 4.49. The van der Waals surface area contributed by atoms with Crippen molar-refractivity contribution in [2.75, 3.05) is 24.8 Å². The summed E-state index contributed by atoms with van der Waals surface area (Å²) in [5, 5.41) is 14.3. The SMILES string of the molecule is CCOc1ccccc1NC(=O)CSc1nnc(-c2cccs2)n1-c1ccccc1OC. The number of methoxy groups -OCH3 is 1. The minimum Gasteiger partial charge on any atom is -0.495 e. The molecule has 0 saturated carbocycles. The molecule has 32 heavy (non-hydrogen) atoms. The van der Waals surface area contributed by atoms with E-state index in [9.17, 15) is 4.79 Å². The summed E-state index contributed by atoms with van der Waals surface area (Å²) >= 11 is 2.89. The van der Waals surface area contributed by atoms with E-state index < -0.39 is 0 Å². The first-order valence-corrected chi connectivity index (χ1v) is 11.8. The maximum atomic E-state index is 12.7. The summed E-state index contributed by atoms with van der Waals surface area (Å²) in [7, 11) is 1.63. The fourth-order valence-electron chi connectivity index (χ4n) is 3.13. The number of carbonyl (C=O) groups is 1. The van der Waals surface area contributed by atoms with Crippen LogP contribution < -0.4 is 14.8 Å². The highest BCUT2D eigenvalue weighted by Gasteiger charge is 2.20. The number of thiophene rings is 1. The first kappa shape index (κ1) is 21.9. The van der Waals surface area contributed by atoms with Gasteiger partial charge in [0.15, 0.2) is 11.0 Å². The molecule has 0 atom stereocenters. The molecule has 0 aliphatic carbocycles. The molecule has 4 aromatic rings. The van der Waals surface area contributed by atoms with Crippen molar-refractivity contribution in [3.05, 3.63) is 66.0 Å². The standard InChI is InChI=1S/C23H22N4O3S2/c1-3-30-18-11-6-4-9-16(18)24-21(28)15-32-23-26-25-22(20-13-8-14-31-20)27(23)17-10-5-7-12-19(17)29-2/h4-14H,3,15H2,1-2H3,(H,24,28). The van der Waals surface area contributed by atoms with Crippen LogP contribution in [0.1, 0.15) is 6.92 Å². The lowest BCUT2D eigenvalue weighted by molar-refractivity contribution is -0.113. The second-order valence-electron chi connectivity index (χ2n) is 6.56. The van der Waals surface area contributed by atoms with Crippen LogP contribution in [0.2, 0.25) is 0 Å². The minimum atomic E-state index is -0.158. The molecule has 7 nitrogen and oxygen atoms in total. The van der Waals surface area contributed by atoms with E-state index in [1.54, 1.807) is 18.4 Å². The Morgan fingerprint density at radius 1 is 1.06 bits per heavy atom. The minimum absolute atomic E-state index is 0.158. The van der Waals surface area contributed by atoms with Crippen LogP contribution in [-0.4, -0.2) is 40.1 Å². The van der Waals surface area contributed by atoms with Crippen LogP contribution in [0.5, 0.6) is 11.5 Å². The fourth-order valence-corrected chi connectivity index (χ4v) is 4.57. The summed E-state index contributed by atoms with van der Waals surface area (Å²) in [6.07, 6.45) is 0. The van der Waals surface area contributed by atoms with E-state index in [4.69, 9.17) is 9.47 Å². The summed E-state index contributed by atoms with van der Waals surface area (Å²) < 4.78 is 13.1. The van der Waals surface area contributed by atoms with Gasteiger partial charge in [0, 0.05) is 0 Å². The molecule has 0 saturated heterocycles. The molecular weight excluding hydrogens is 444 g/mol. The van der Waals surface area contributed by atoms with E-state index in [2.05, 4.69) is 15.5 Å². The Hall–Kier alpha value is -3.30. The number of benzene rings is 2. The van der Waals surface area contributed by atoms with Gasteiger partial charge in [-0.1, -0.05) is 42.1 Å². The van der Waals surface area contributed by atoms with Gasteiger partial charge < -0.3 is 14.8 Å². The van der Waals surface area contributed by atoms with E-state index in [-0.39, 0.29) is 11.7 Å². The predicted octanol–water partition coefficient (Wildman–Crippen LogP) is 5.13. The van der Waals surface area contributed by atoms with Gasteiger partial charge >= 0.3 is 0 Å². The average Bonchev–Trinajstić information content (AvgIpc) is 3.49. The van der Waals surface area contributed by atoms with Crippen molar-refractivity contribution in [1.82, 2.24) is 14.8 Å². The Morgan fingerprint density at radius 2 is 1.84 bits per heavy atom. The second kappa shape index (κ2) is 10.3. The molecule has 4 rings (SSSR count). The van der Waals surface area contributed by atoms with Crippen LogP contribution in [0.15, 0.2) is 71.2 Å². The summed E-state index contributed by atoms with van der Waals surface area (Å²) in [6.45, 7) is 2.43. The van der Waals surface area contributed by atoms with E-state index in [1.165, 1.54) is 11.8 Å². The molecule has 0 bridgehead atoms. The number of nitrogens with one attached hydrogen (secondary N) is 1. The zero-order valence-corrected chi connectivity index (χ0v) is 19.3. The molecule has 2 aromatic heterocycles. The van der Waals surface area contributed by atoms with Crippen molar-refractivity contribution in [2.24, 2.45) is 0 Å². The highest BCUT2D eigenvalue weighted by atomic mass is 32.2. The first-order valence-electron chi connectivity index (χ1n) is 9.98. The normalized spacial score (nSPS) is 10.7. The van der Waals surface area contributed by atoms with Gasteiger partial charge in [-0.05, 0) is 42.6 Å². The molecule has 1 amide bonds. The van der Waals surface area contributed by atoms with Crippen molar-refractivity contribution in [1.29, 1.82) is 0 Å². The van der Waals surface area contributed by atoms with Crippen molar-refractivity contribution < 1.29 is 14.3 Å². The molecule has 0 spiro atoms. The number of aromatic nitrogens is 3. The Morgan fingerprint density at radius 3 is 2.59 bits per heavy atom. The lowest BCUT2D eigenvalue weighted by Gasteiger charge is -2.13. The van der Waals surface area contributed by atoms with Gasteiger partial charge in [0.25, 0.3) is 0 Å². The number of para-hydroxylation sites is 4. The number of nitrogens with zero attached hydrogens (tertiary/aromatic N) is 3. The quantitative estimate of drug-likeness (QED) is 0.345. The first-order chi connectivity index (χ1) is 15.7. The van der Waals surface area contributed by atoms with E-state index in [0.717, 1.165) is 10.6 Å². The van der Waals surface area contributed by atoms with Gasteiger partial charge in [-0.2, -0.15) is 0 Å². The third-order valence-corrected chi connectivity index (χ3v) is 6.29. The molecule has 164 valence electrons. The van der Waals surface area contributed by atoms with Crippen LogP contribution in [0, 0.1) is 0 Å². The topological polar surface area (TPSA) is 78.3 Å². The van der Waals surface area contributed by atoms with Gasteiger partial charge in [-0.3, -0.25) is 9.36 Å². The van der Waals surface area contributed by atoms with Gasteiger partial charge in [-0.25, -0.2) is 0 Å². The summed E-state index contributed by atoms with van der Waals surface area (Å²) in [5.74, 6) is 2.05. The Kier molecular flexibility index (Phi) is 7.08. The molecule has 2 aromatic carbocycles. The fraction of sp³-hybridized carbons (Fsp3) is 0.174. The van der Waals surface area contributed by atoms with Crippen molar-refractivity contribution in [3.63, 3.8) is 0 Å². The number of ether oxygens (including phenoxy) is 2. The largest absolute Gasteiger partial charge is 0.495 e. The molecule has 9 heteroatoms. The number of amides is 1. The average molecular weight is 467 g/mol. The molecule has 2 heterocycles. The lowest BCUT2D eigenvalue weighted by atomic mass is 10.3.